The van der Waals surface area contributed by atoms with Gasteiger partial charge in [0.2, 0.25) is 5.91 Å². The van der Waals surface area contributed by atoms with Crippen molar-refractivity contribution in [1.82, 2.24) is 14.9 Å². The lowest BCUT2D eigenvalue weighted by molar-refractivity contribution is -0.125. The number of hydrogen-bond acceptors (Lipinski definition) is 3. The first-order chi connectivity index (χ1) is 12.5. The van der Waals surface area contributed by atoms with Gasteiger partial charge in [-0.05, 0) is 31.5 Å². The quantitative estimate of drug-likeness (QED) is 0.617. The molecule has 0 fully saturated rings. The molecule has 28 heavy (non-hydrogen) atoms. The van der Waals surface area contributed by atoms with Gasteiger partial charge in [-0.15, -0.1) is 24.8 Å². The van der Waals surface area contributed by atoms with E-state index in [1.807, 2.05) is 62.4 Å². The number of halogens is 2. The van der Waals surface area contributed by atoms with E-state index in [1.54, 1.807) is 0 Å². The van der Waals surface area contributed by atoms with Crippen LogP contribution in [0.5, 0.6) is 0 Å². The number of imidazole rings is 1. The van der Waals surface area contributed by atoms with E-state index in [1.165, 1.54) is 0 Å². The molecule has 0 aliphatic heterocycles. The molecule has 1 aromatic heterocycles. The molecule has 152 valence electrons. The largest absolute Gasteiger partial charge is 0.346 e. The number of carbonyl (C=O) groups excluding carboxylic acids is 1. The van der Waals surface area contributed by atoms with E-state index in [2.05, 4.69) is 22.9 Å². The van der Waals surface area contributed by atoms with Gasteiger partial charge in [-0.3, -0.25) is 4.79 Å². The molecule has 0 aliphatic rings. The van der Waals surface area contributed by atoms with Crippen molar-refractivity contribution >= 4 is 41.8 Å². The van der Waals surface area contributed by atoms with Crippen molar-refractivity contribution in [2.75, 3.05) is 0 Å². The molecule has 3 unspecified atom stereocenters. The Balaban J connectivity index is 0.00000196. The second-order valence-electron chi connectivity index (χ2n) is 6.66. The lowest BCUT2D eigenvalue weighted by Gasteiger charge is -2.22. The number of hydrogen-bond donors (Lipinski definition) is 2. The van der Waals surface area contributed by atoms with E-state index < -0.39 is 0 Å². The summed E-state index contributed by atoms with van der Waals surface area (Å²) in [4.78, 5) is 17.4. The molecule has 3 atom stereocenters. The van der Waals surface area contributed by atoms with Gasteiger partial charge in [0, 0.05) is 12.6 Å². The summed E-state index contributed by atoms with van der Waals surface area (Å²) in [6.45, 7) is 6.71. The number of nitrogens with one attached hydrogen (secondary N) is 1. The Morgan fingerprint density at radius 3 is 2.32 bits per heavy atom. The molecule has 3 aromatic rings. The molecule has 2 aromatic carbocycles. The summed E-state index contributed by atoms with van der Waals surface area (Å²) in [6, 6.07) is 17.2. The minimum atomic E-state index is -0.339. The van der Waals surface area contributed by atoms with Gasteiger partial charge in [-0.25, -0.2) is 4.98 Å². The Morgan fingerprint density at radius 2 is 1.68 bits per heavy atom. The molecular formula is C21H28Cl2N4O. The van der Waals surface area contributed by atoms with E-state index in [9.17, 15) is 4.79 Å². The van der Waals surface area contributed by atoms with Gasteiger partial charge in [0.25, 0.3) is 0 Å². The molecule has 0 spiro atoms. The first-order valence-electron chi connectivity index (χ1n) is 9.09. The maximum absolute atomic E-state index is 12.7. The van der Waals surface area contributed by atoms with Crippen LogP contribution in [0.3, 0.4) is 0 Å². The number of nitrogens with zero attached hydrogens (tertiary/aromatic N) is 2. The van der Waals surface area contributed by atoms with Crippen LogP contribution in [0.4, 0.5) is 0 Å². The highest BCUT2D eigenvalue weighted by atomic mass is 35.5. The van der Waals surface area contributed by atoms with Crippen LogP contribution in [0.25, 0.3) is 11.0 Å². The standard InChI is InChI=1S/C21H26N4O.2ClH/c1-4-25-18-13-9-8-12-17(18)24-20(25)15(3)23-21(26)14(2)19(22)16-10-6-5-7-11-16;;/h5-15,19H,4,22H2,1-3H3,(H,23,26);2*1H. The van der Waals surface area contributed by atoms with Crippen LogP contribution < -0.4 is 11.1 Å². The molecule has 1 amide bonds. The number of fused-ring (bicyclic) bond motifs is 1. The van der Waals surface area contributed by atoms with Crippen molar-refractivity contribution in [2.45, 2.75) is 39.4 Å². The van der Waals surface area contributed by atoms with Crippen LogP contribution in [0.2, 0.25) is 0 Å². The number of nitrogens with two attached hydrogens (primary N) is 1. The zero-order chi connectivity index (χ0) is 18.7. The fraction of sp³-hybridized carbons (Fsp3) is 0.333. The number of para-hydroxylation sites is 2. The predicted octanol–water partition coefficient (Wildman–Crippen LogP) is 4.41. The third kappa shape index (κ3) is 4.85. The first kappa shape index (κ1) is 24.0. The highest BCUT2D eigenvalue weighted by molar-refractivity contribution is 5.85. The van der Waals surface area contributed by atoms with Gasteiger partial charge in [0.1, 0.15) is 5.82 Å². The Morgan fingerprint density at radius 1 is 1.07 bits per heavy atom. The summed E-state index contributed by atoms with van der Waals surface area (Å²) in [5, 5.41) is 3.08. The number of benzene rings is 2. The molecule has 3 N–H and O–H groups in total. The van der Waals surface area contributed by atoms with Crippen molar-refractivity contribution in [1.29, 1.82) is 0 Å². The zero-order valence-corrected chi connectivity index (χ0v) is 18.0. The average Bonchev–Trinajstić information content (AvgIpc) is 3.06. The maximum atomic E-state index is 12.7. The number of rotatable bonds is 6. The lowest BCUT2D eigenvalue weighted by Crippen LogP contribution is -2.37. The molecule has 7 heteroatoms. The predicted molar refractivity (Wildman–Crippen MR) is 119 cm³/mol. The van der Waals surface area contributed by atoms with Crippen molar-refractivity contribution in [3.63, 3.8) is 0 Å². The SMILES string of the molecule is CCn1c(C(C)NC(=O)C(C)C(N)c2ccccc2)nc2ccccc21.Cl.Cl. The highest BCUT2D eigenvalue weighted by Gasteiger charge is 2.25. The van der Waals surface area contributed by atoms with Crippen LogP contribution in [0.15, 0.2) is 54.6 Å². The Labute approximate surface area is 178 Å². The van der Waals surface area contributed by atoms with Crippen LogP contribution in [0.1, 0.15) is 44.2 Å². The van der Waals surface area contributed by atoms with Gasteiger partial charge in [-0.1, -0.05) is 49.4 Å². The van der Waals surface area contributed by atoms with Gasteiger partial charge >= 0.3 is 0 Å². The minimum Gasteiger partial charge on any atom is -0.346 e. The van der Waals surface area contributed by atoms with E-state index >= 15 is 0 Å². The van der Waals surface area contributed by atoms with E-state index in [4.69, 9.17) is 10.7 Å². The zero-order valence-electron chi connectivity index (χ0n) is 16.3. The van der Waals surface area contributed by atoms with Crippen LogP contribution in [0, 0.1) is 5.92 Å². The second-order valence-corrected chi connectivity index (χ2v) is 6.66. The molecule has 3 rings (SSSR count). The molecule has 0 aliphatic carbocycles. The van der Waals surface area contributed by atoms with E-state index in [0.717, 1.165) is 29.0 Å². The first-order valence-corrected chi connectivity index (χ1v) is 9.09. The van der Waals surface area contributed by atoms with E-state index in [0.29, 0.717) is 0 Å². The van der Waals surface area contributed by atoms with Crippen LogP contribution >= 0.6 is 24.8 Å². The topological polar surface area (TPSA) is 72.9 Å². The van der Waals surface area contributed by atoms with Gasteiger partial charge < -0.3 is 15.6 Å². The summed E-state index contributed by atoms with van der Waals surface area (Å²) in [5.41, 5.74) is 9.28. The maximum Gasteiger partial charge on any atom is 0.225 e. The Hall–Kier alpha value is -2.08. The van der Waals surface area contributed by atoms with Crippen molar-refractivity contribution in [3.05, 3.63) is 66.0 Å². The second kappa shape index (κ2) is 10.5. The number of carbonyl (C=O) groups is 1. The molecular weight excluding hydrogens is 395 g/mol. The normalized spacial score (nSPS) is 13.7. The molecule has 0 saturated heterocycles. The Kier molecular flexibility index (Phi) is 8.95. The number of amides is 1. The molecule has 5 nitrogen and oxygen atoms in total. The molecule has 0 saturated carbocycles. The fourth-order valence-corrected chi connectivity index (χ4v) is 3.29. The summed E-state index contributed by atoms with van der Waals surface area (Å²) < 4.78 is 2.14. The summed E-state index contributed by atoms with van der Waals surface area (Å²) in [6.07, 6.45) is 0. The minimum absolute atomic E-state index is 0. The summed E-state index contributed by atoms with van der Waals surface area (Å²) in [7, 11) is 0. The lowest BCUT2D eigenvalue weighted by atomic mass is 9.94. The summed E-state index contributed by atoms with van der Waals surface area (Å²) >= 11 is 0. The van der Waals surface area contributed by atoms with E-state index in [-0.39, 0.29) is 48.7 Å². The van der Waals surface area contributed by atoms with Crippen molar-refractivity contribution < 1.29 is 4.79 Å². The third-order valence-corrected chi connectivity index (χ3v) is 4.88. The van der Waals surface area contributed by atoms with Gasteiger partial charge in [0.05, 0.1) is 23.0 Å². The highest BCUT2D eigenvalue weighted by Crippen LogP contribution is 2.23. The van der Waals surface area contributed by atoms with Crippen LogP contribution in [-0.2, 0) is 11.3 Å². The average molecular weight is 423 g/mol. The number of aromatic nitrogens is 2. The molecule has 1 heterocycles. The number of aryl methyl sites for hydroxylation is 1. The van der Waals surface area contributed by atoms with Gasteiger partial charge in [0.15, 0.2) is 0 Å². The van der Waals surface area contributed by atoms with Crippen molar-refractivity contribution in [2.24, 2.45) is 11.7 Å². The third-order valence-electron chi connectivity index (χ3n) is 4.88. The van der Waals surface area contributed by atoms with Crippen molar-refractivity contribution in [3.8, 4) is 0 Å². The van der Waals surface area contributed by atoms with Gasteiger partial charge in [-0.2, -0.15) is 0 Å². The molecule has 0 radical (unpaired) electrons. The fourth-order valence-electron chi connectivity index (χ4n) is 3.29. The molecule has 0 bridgehead atoms. The van der Waals surface area contributed by atoms with Crippen LogP contribution in [-0.4, -0.2) is 15.5 Å². The summed E-state index contributed by atoms with van der Waals surface area (Å²) in [5.74, 6) is 0.463. The smallest absolute Gasteiger partial charge is 0.225 e. The Bertz CT molecular complexity index is 898. The monoisotopic (exact) mass is 422 g/mol.